The number of aromatic nitrogens is 1. The Hall–Kier alpha value is -1.29. The van der Waals surface area contributed by atoms with E-state index < -0.39 is 0 Å². The maximum absolute atomic E-state index is 11.6. The van der Waals surface area contributed by atoms with E-state index in [1.807, 2.05) is 17.8 Å². The van der Waals surface area contributed by atoms with Gasteiger partial charge in [0.05, 0.1) is 18.8 Å². The van der Waals surface area contributed by atoms with Crippen molar-refractivity contribution in [2.45, 2.75) is 12.8 Å². The number of carbonyl (C=O) groups excluding carboxylic acids is 1. The van der Waals surface area contributed by atoms with Crippen LogP contribution in [0.15, 0.2) is 6.20 Å². The molecule has 4 nitrogen and oxygen atoms in total. The summed E-state index contributed by atoms with van der Waals surface area (Å²) in [7, 11) is 3.64. The van der Waals surface area contributed by atoms with E-state index in [4.69, 9.17) is 4.74 Å². The van der Waals surface area contributed by atoms with E-state index in [2.05, 4.69) is 5.32 Å². The molecule has 1 aliphatic heterocycles. The van der Waals surface area contributed by atoms with E-state index in [9.17, 15) is 4.79 Å². The molecule has 1 aromatic heterocycles. The summed E-state index contributed by atoms with van der Waals surface area (Å²) in [5.74, 6) is -0.00579. The largest absolute Gasteiger partial charge is 0.381 e. The fourth-order valence-corrected chi connectivity index (χ4v) is 2.10. The van der Waals surface area contributed by atoms with Gasteiger partial charge in [-0.3, -0.25) is 4.79 Å². The van der Waals surface area contributed by atoms with Crippen LogP contribution in [0, 0.1) is 0 Å². The maximum Gasteiger partial charge on any atom is 0.252 e. The van der Waals surface area contributed by atoms with Gasteiger partial charge >= 0.3 is 0 Å². The van der Waals surface area contributed by atoms with Gasteiger partial charge in [-0.1, -0.05) is 0 Å². The second kappa shape index (κ2) is 4.06. The standard InChI is InChI=1S/C11H16N2O2/c1-12-11(14)9-7-13(2)10-4-6-15-5-3-8(9)10/h7H,3-6H2,1-2H3,(H,12,14). The zero-order valence-electron chi connectivity index (χ0n) is 9.17. The molecule has 1 aromatic rings. The maximum atomic E-state index is 11.6. The lowest BCUT2D eigenvalue weighted by Gasteiger charge is -2.02. The number of nitrogens with one attached hydrogen (secondary N) is 1. The summed E-state index contributed by atoms with van der Waals surface area (Å²) in [4.78, 5) is 11.6. The Kier molecular flexibility index (Phi) is 2.77. The summed E-state index contributed by atoms with van der Waals surface area (Å²) in [6.45, 7) is 1.46. The van der Waals surface area contributed by atoms with Crippen LogP contribution < -0.4 is 5.32 Å². The molecule has 1 amide bonds. The first-order chi connectivity index (χ1) is 7.24. The van der Waals surface area contributed by atoms with Gasteiger partial charge in [0.2, 0.25) is 0 Å². The highest BCUT2D eigenvalue weighted by Crippen LogP contribution is 2.20. The number of amides is 1. The average Bonchev–Trinajstić information content (AvgIpc) is 2.45. The highest BCUT2D eigenvalue weighted by atomic mass is 16.5. The Balaban J connectivity index is 2.44. The van der Waals surface area contributed by atoms with Crippen LogP contribution in [0.4, 0.5) is 0 Å². The molecule has 0 spiro atoms. The van der Waals surface area contributed by atoms with E-state index in [0.29, 0.717) is 6.61 Å². The lowest BCUT2D eigenvalue weighted by molar-refractivity contribution is 0.0961. The quantitative estimate of drug-likeness (QED) is 0.730. The van der Waals surface area contributed by atoms with Crippen LogP contribution in [-0.4, -0.2) is 30.7 Å². The second-order valence-electron chi connectivity index (χ2n) is 3.77. The molecule has 4 heteroatoms. The molecule has 82 valence electrons. The number of hydrogen-bond acceptors (Lipinski definition) is 2. The zero-order valence-corrected chi connectivity index (χ0v) is 9.17. The smallest absolute Gasteiger partial charge is 0.252 e. The third-order valence-electron chi connectivity index (χ3n) is 2.87. The molecule has 0 aliphatic carbocycles. The summed E-state index contributed by atoms with van der Waals surface area (Å²) in [6.07, 6.45) is 3.64. The van der Waals surface area contributed by atoms with Gasteiger partial charge in [-0.25, -0.2) is 0 Å². The van der Waals surface area contributed by atoms with E-state index in [1.165, 1.54) is 5.69 Å². The first kappa shape index (κ1) is 10.2. The molecule has 0 radical (unpaired) electrons. The molecular weight excluding hydrogens is 192 g/mol. The third kappa shape index (κ3) is 1.77. The van der Waals surface area contributed by atoms with Crippen LogP contribution in [0.5, 0.6) is 0 Å². The molecule has 0 fully saturated rings. The molecule has 1 N–H and O–H groups in total. The van der Waals surface area contributed by atoms with Crippen molar-refractivity contribution in [1.82, 2.24) is 9.88 Å². The predicted octanol–water partition coefficient (Wildman–Crippen LogP) is 0.500. The van der Waals surface area contributed by atoms with Gasteiger partial charge in [0.15, 0.2) is 0 Å². The van der Waals surface area contributed by atoms with Crippen molar-refractivity contribution in [3.63, 3.8) is 0 Å². The second-order valence-corrected chi connectivity index (χ2v) is 3.77. The van der Waals surface area contributed by atoms with E-state index >= 15 is 0 Å². The molecule has 0 aromatic carbocycles. The number of nitrogens with zero attached hydrogens (tertiary/aromatic N) is 1. The fraction of sp³-hybridized carbons (Fsp3) is 0.545. The third-order valence-corrected chi connectivity index (χ3v) is 2.87. The Bertz CT molecular complexity index is 382. The van der Waals surface area contributed by atoms with Crippen molar-refractivity contribution in [2.75, 3.05) is 20.3 Å². The van der Waals surface area contributed by atoms with Crippen LogP contribution in [0.1, 0.15) is 21.6 Å². The minimum atomic E-state index is -0.00579. The predicted molar refractivity (Wildman–Crippen MR) is 57.0 cm³/mol. The van der Waals surface area contributed by atoms with Crippen LogP contribution >= 0.6 is 0 Å². The number of rotatable bonds is 1. The van der Waals surface area contributed by atoms with Crippen LogP contribution in [-0.2, 0) is 24.6 Å². The van der Waals surface area contributed by atoms with Gasteiger partial charge in [0.25, 0.3) is 5.91 Å². The molecule has 0 unspecified atom stereocenters. The van der Waals surface area contributed by atoms with Crippen molar-refractivity contribution >= 4 is 5.91 Å². The monoisotopic (exact) mass is 208 g/mol. The topological polar surface area (TPSA) is 43.3 Å². The first-order valence-corrected chi connectivity index (χ1v) is 5.21. The molecule has 0 bridgehead atoms. The van der Waals surface area contributed by atoms with Crippen LogP contribution in [0.25, 0.3) is 0 Å². The van der Waals surface area contributed by atoms with E-state index in [-0.39, 0.29) is 5.91 Å². The summed E-state index contributed by atoms with van der Waals surface area (Å²) in [5.41, 5.74) is 3.17. The Morgan fingerprint density at radius 3 is 2.93 bits per heavy atom. The number of aryl methyl sites for hydroxylation is 1. The van der Waals surface area contributed by atoms with E-state index in [0.717, 1.165) is 30.6 Å². The molecule has 2 heterocycles. The fourth-order valence-electron chi connectivity index (χ4n) is 2.10. The highest BCUT2D eigenvalue weighted by Gasteiger charge is 2.20. The molecule has 15 heavy (non-hydrogen) atoms. The van der Waals surface area contributed by atoms with Crippen molar-refractivity contribution in [3.05, 3.63) is 23.0 Å². The molecular formula is C11H16N2O2. The van der Waals surface area contributed by atoms with Gasteiger partial charge in [0, 0.05) is 32.4 Å². The number of carbonyl (C=O) groups is 1. The van der Waals surface area contributed by atoms with Gasteiger partial charge in [-0.2, -0.15) is 0 Å². The van der Waals surface area contributed by atoms with Gasteiger partial charge in [0.1, 0.15) is 0 Å². The Morgan fingerprint density at radius 1 is 1.47 bits per heavy atom. The minimum Gasteiger partial charge on any atom is -0.381 e. The number of fused-ring (bicyclic) bond motifs is 1. The molecule has 2 rings (SSSR count). The summed E-state index contributed by atoms with van der Waals surface area (Å²) in [6, 6.07) is 0. The molecule has 1 aliphatic rings. The molecule has 0 atom stereocenters. The van der Waals surface area contributed by atoms with E-state index in [1.54, 1.807) is 7.05 Å². The average molecular weight is 208 g/mol. The Labute approximate surface area is 89.2 Å². The lowest BCUT2D eigenvalue weighted by atomic mass is 10.1. The normalized spacial score (nSPS) is 15.6. The van der Waals surface area contributed by atoms with Crippen molar-refractivity contribution < 1.29 is 9.53 Å². The number of hydrogen-bond donors (Lipinski definition) is 1. The van der Waals surface area contributed by atoms with Crippen molar-refractivity contribution in [1.29, 1.82) is 0 Å². The molecule has 0 saturated carbocycles. The van der Waals surface area contributed by atoms with Crippen LogP contribution in [0.2, 0.25) is 0 Å². The first-order valence-electron chi connectivity index (χ1n) is 5.21. The minimum absolute atomic E-state index is 0.00579. The summed E-state index contributed by atoms with van der Waals surface area (Å²) in [5, 5.41) is 2.67. The van der Waals surface area contributed by atoms with Gasteiger partial charge < -0.3 is 14.6 Å². The van der Waals surface area contributed by atoms with Crippen molar-refractivity contribution in [2.24, 2.45) is 7.05 Å². The van der Waals surface area contributed by atoms with Crippen LogP contribution in [0.3, 0.4) is 0 Å². The highest BCUT2D eigenvalue weighted by molar-refractivity contribution is 5.95. The SMILES string of the molecule is CNC(=O)c1cn(C)c2c1CCOCC2. The Morgan fingerprint density at radius 2 is 2.20 bits per heavy atom. The molecule has 0 saturated heterocycles. The lowest BCUT2D eigenvalue weighted by Crippen LogP contribution is -2.18. The summed E-state index contributed by atoms with van der Waals surface area (Å²) >= 11 is 0. The van der Waals surface area contributed by atoms with Gasteiger partial charge in [-0.15, -0.1) is 0 Å². The van der Waals surface area contributed by atoms with Gasteiger partial charge in [-0.05, 0) is 12.0 Å². The van der Waals surface area contributed by atoms with Crippen molar-refractivity contribution in [3.8, 4) is 0 Å². The number of ether oxygens (including phenoxy) is 1. The zero-order chi connectivity index (χ0) is 10.8. The summed E-state index contributed by atoms with van der Waals surface area (Å²) < 4.78 is 7.45.